The highest BCUT2D eigenvalue weighted by Crippen LogP contribution is 2.17. The van der Waals surface area contributed by atoms with Crippen LogP contribution in [0.25, 0.3) is 0 Å². The molecule has 6 heteroatoms. The average molecular weight is 272 g/mol. The zero-order valence-electron chi connectivity index (χ0n) is 11.7. The van der Waals surface area contributed by atoms with Crippen molar-refractivity contribution in [2.24, 2.45) is 5.92 Å². The number of carbonyl (C=O) groups excluding carboxylic acids is 1. The van der Waals surface area contributed by atoms with Crippen LogP contribution < -0.4 is 5.32 Å². The fraction of sp³-hybridized carbons (Fsp3) is 0.846. The van der Waals surface area contributed by atoms with Gasteiger partial charge < -0.3 is 20.1 Å². The first-order chi connectivity index (χ1) is 9.02. The fourth-order valence-electron chi connectivity index (χ4n) is 2.25. The first-order valence-corrected chi connectivity index (χ1v) is 6.79. The molecule has 1 atom stereocenters. The van der Waals surface area contributed by atoms with E-state index in [1.165, 1.54) is 0 Å². The molecular weight excluding hydrogens is 248 g/mol. The van der Waals surface area contributed by atoms with Gasteiger partial charge in [-0.2, -0.15) is 0 Å². The Morgan fingerprint density at radius 1 is 1.42 bits per heavy atom. The van der Waals surface area contributed by atoms with E-state index in [4.69, 9.17) is 9.84 Å². The monoisotopic (exact) mass is 272 g/mol. The molecule has 1 saturated heterocycles. The number of aliphatic carboxylic acids is 1. The molecule has 0 radical (unpaired) electrons. The summed E-state index contributed by atoms with van der Waals surface area (Å²) in [7, 11) is 1.70. The third kappa shape index (κ3) is 5.92. The average Bonchev–Trinajstić information content (AvgIpc) is 2.37. The van der Waals surface area contributed by atoms with Gasteiger partial charge >= 0.3 is 12.0 Å². The molecule has 1 fully saturated rings. The Morgan fingerprint density at radius 2 is 2.05 bits per heavy atom. The smallest absolute Gasteiger partial charge is 0.317 e. The predicted octanol–water partition coefficient (Wildman–Crippen LogP) is 1.31. The van der Waals surface area contributed by atoms with Gasteiger partial charge in [-0.1, -0.05) is 0 Å². The molecule has 0 aromatic carbocycles. The van der Waals surface area contributed by atoms with Crippen LogP contribution >= 0.6 is 0 Å². The van der Waals surface area contributed by atoms with E-state index in [0.29, 0.717) is 12.3 Å². The largest absolute Gasteiger partial charge is 0.481 e. The highest BCUT2D eigenvalue weighted by atomic mass is 16.5. The van der Waals surface area contributed by atoms with Gasteiger partial charge in [0.05, 0.1) is 0 Å². The van der Waals surface area contributed by atoms with Crippen molar-refractivity contribution in [1.82, 2.24) is 10.2 Å². The summed E-state index contributed by atoms with van der Waals surface area (Å²) in [6.45, 7) is 4.07. The number of nitrogens with zero attached hydrogens (tertiary/aromatic N) is 1. The van der Waals surface area contributed by atoms with Crippen LogP contribution in [0.3, 0.4) is 0 Å². The van der Waals surface area contributed by atoms with E-state index in [0.717, 1.165) is 32.5 Å². The summed E-state index contributed by atoms with van der Waals surface area (Å²) in [4.78, 5) is 24.2. The van der Waals surface area contributed by atoms with Crippen molar-refractivity contribution in [3.8, 4) is 0 Å². The minimum atomic E-state index is -0.832. The molecule has 0 spiro atoms. The normalized spacial score (nSPS) is 18.1. The molecular formula is C13H24N2O4. The van der Waals surface area contributed by atoms with Gasteiger partial charge in [-0.3, -0.25) is 4.79 Å². The molecule has 19 heavy (non-hydrogen) atoms. The molecule has 0 aromatic heterocycles. The van der Waals surface area contributed by atoms with E-state index in [2.05, 4.69) is 5.32 Å². The van der Waals surface area contributed by atoms with E-state index in [1.807, 2.05) is 6.92 Å². The number of amides is 2. The van der Waals surface area contributed by atoms with Gasteiger partial charge in [0.15, 0.2) is 0 Å². The summed E-state index contributed by atoms with van der Waals surface area (Å²) < 4.78 is 5.12. The molecule has 0 saturated carbocycles. The zero-order chi connectivity index (χ0) is 14.3. The number of nitrogens with one attached hydrogen (secondary N) is 1. The minimum absolute atomic E-state index is 0.0807. The molecule has 0 aromatic rings. The van der Waals surface area contributed by atoms with Gasteiger partial charge in [-0.25, -0.2) is 4.79 Å². The molecule has 0 aliphatic carbocycles. The quantitative estimate of drug-likeness (QED) is 0.764. The van der Waals surface area contributed by atoms with Gasteiger partial charge in [0.25, 0.3) is 0 Å². The van der Waals surface area contributed by atoms with Gasteiger partial charge in [-0.15, -0.1) is 0 Å². The maximum Gasteiger partial charge on any atom is 0.317 e. The topological polar surface area (TPSA) is 78.9 Å². The summed E-state index contributed by atoms with van der Waals surface area (Å²) in [6.07, 6.45) is 2.47. The van der Waals surface area contributed by atoms with Gasteiger partial charge in [0.1, 0.15) is 0 Å². The van der Waals surface area contributed by atoms with Crippen LogP contribution in [0.15, 0.2) is 0 Å². The van der Waals surface area contributed by atoms with Crippen molar-refractivity contribution < 1.29 is 19.4 Å². The third-order valence-corrected chi connectivity index (χ3v) is 3.47. The predicted molar refractivity (Wildman–Crippen MR) is 71.0 cm³/mol. The van der Waals surface area contributed by atoms with E-state index in [1.54, 1.807) is 12.0 Å². The summed E-state index contributed by atoms with van der Waals surface area (Å²) >= 11 is 0. The SMILES string of the molecule is COCC1CCN(C(=O)NC(C)CCC(=O)O)CC1. The van der Waals surface area contributed by atoms with Crippen molar-refractivity contribution in [2.45, 2.75) is 38.6 Å². The first kappa shape index (κ1) is 15.8. The Kier molecular flexibility index (Phi) is 6.62. The minimum Gasteiger partial charge on any atom is -0.481 e. The Balaban J connectivity index is 2.25. The number of rotatable bonds is 6. The number of likely N-dealkylation sites (tertiary alicyclic amines) is 1. The van der Waals surface area contributed by atoms with Gasteiger partial charge in [0.2, 0.25) is 0 Å². The van der Waals surface area contributed by atoms with Crippen LogP contribution in [-0.2, 0) is 9.53 Å². The molecule has 1 aliphatic heterocycles. The number of carboxylic acids is 1. The first-order valence-electron chi connectivity index (χ1n) is 6.79. The second-order valence-corrected chi connectivity index (χ2v) is 5.17. The standard InChI is InChI=1S/C13H24N2O4/c1-10(3-4-12(16)17)14-13(18)15-7-5-11(6-8-15)9-19-2/h10-11H,3-9H2,1-2H3,(H,14,18)(H,16,17). The molecule has 6 nitrogen and oxygen atoms in total. The Morgan fingerprint density at radius 3 is 2.58 bits per heavy atom. The maximum absolute atomic E-state index is 12.0. The van der Waals surface area contributed by atoms with Crippen LogP contribution in [0.4, 0.5) is 4.79 Å². The number of methoxy groups -OCH3 is 1. The Hall–Kier alpha value is -1.30. The Bertz CT molecular complexity index is 301. The number of carbonyl (C=O) groups is 2. The number of hydrogen-bond acceptors (Lipinski definition) is 3. The molecule has 1 heterocycles. The summed E-state index contributed by atoms with van der Waals surface area (Å²) in [5.41, 5.74) is 0. The van der Waals surface area contributed by atoms with Crippen LogP contribution in [0.1, 0.15) is 32.6 Å². The lowest BCUT2D eigenvalue weighted by Gasteiger charge is -2.32. The molecule has 1 unspecified atom stereocenters. The number of hydrogen-bond donors (Lipinski definition) is 2. The van der Waals surface area contributed by atoms with Crippen molar-refractivity contribution in [3.63, 3.8) is 0 Å². The van der Waals surface area contributed by atoms with E-state index >= 15 is 0 Å². The van der Waals surface area contributed by atoms with Crippen molar-refractivity contribution in [2.75, 3.05) is 26.8 Å². The Labute approximate surface area is 114 Å². The summed E-state index contributed by atoms with van der Waals surface area (Å²) in [6, 6.07) is -0.200. The summed E-state index contributed by atoms with van der Waals surface area (Å²) in [5, 5.41) is 11.4. The van der Waals surface area contributed by atoms with E-state index in [-0.39, 0.29) is 18.5 Å². The second kappa shape index (κ2) is 7.99. The van der Waals surface area contributed by atoms with E-state index < -0.39 is 5.97 Å². The molecule has 2 amide bonds. The molecule has 1 rings (SSSR count). The lowest BCUT2D eigenvalue weighted by atomic mass is 9.98. The van der Waals surface area contributed by atoms with Crippen LogP contribution in [0, 0.1) is 5.92 Å². The number of carboxylic acid groups (broad SMARTS) is 1. The number of urea groups is 1. The number of ether oxygens (including phenoxy) is 1. The maximum atomic E-state index is 12.0. The third-order valence-electron chi connectivity index (χ3n) is 3.47. The summed E-state index contributed by atoms with van der Waals surface area (Å²) in [5.74, 6) is -0.292. The lowest BCUT2D eigenvalue weighted by molar-refractivity contribution is -0.137. The molecule has 2 N–H and O–H groups in total. The molecule has 0 bridgehead atoms. The number of piperidine rings is 1. The lowest BCUT2D eigenvalue weighted by Crippen LogP contribution is -2.47. The molecule has 110 valence electrons. The van der Waals surface area contributed by atoms with Gasteiger partial charge in [0, 0.05) is 39.3 Å². The highest BCUT2D eigenvalue weighted by molar-refractivity contribution is 5.74. The van der Waals surface area contributed by atoms with E-state index in [9.17, 15) is 9.59 Å². The molecule has 1 aliphatic rings. The van der Waals surface area contributed by atoms with Crippen LogP contribution in [0.2, 0.25) is 0 Å². The van der Waals surface area contributed by atoms with Crippen molar-refractivity contribution >= 4 is 12.0 Å². The van der Waals surface area contributed by atoms with Crippen LogP contribution in [-0.4, -0.2) is 54.9 Å². The zero-order valence-corrected chi connectivity index (χ0v) is 11.7. The van der Waals surface area contributed by atoms with Gasteiger partial charge in [-0.05, 0) is 32.1 Å². The fourth-order valence-corrected chi connectivity index (χ4v) is 2.25. The highest BCUT2D eigenvalue weighted by Gasteiger charge is 2.23. The second-order valence-electron chi connectivity index (χ2n) is 5.17. The van der Waals surface area contributed by atoms with Crippen LogP contribution in [0.5, 0.6) is 0 Å². The van der Waals surface area contributed by atoms with Crippen molar-refractivity contribution in [3.05, 3.63) is 0 Å². The van der Waals surface area contributed by atoms with Crippen molar-refractivity contribution in [1.29, 1.82) is 0 Å².